The summed E-state index contributed by atoms with van der Waals surface area (Å²) in [5.74, 6) is 0.714. The highest BCUT2D eigenvalue weighted by atomic mass is 16.1. The van der Waals surface area contributed by atoms with Crippen LogP contribution in [0.3, 0.4) is 0 Å². The molecule has 4 heteroatoms. The van der Waals surface area contributed by atoms with E-state index >= 15 is 0 Å². The molecule has 0 atom stereocenters. The van der Waals surface area contributed by atoms with E-state index in [1.54, 1.807) is 0 Å². The van der Waals surface area contributed by atoms with Crippen molar-refractivity contribution in [1.82, 2.24) is 9.97 Å². The number of unbranched alkanes of at least 4 members (excludes halogenated alkanes) is 1. The van der Waals surface area contributed by atoms with Crippen LogP contribution in [0.5, 0.6) is 0 Å². The van der Waals surface area contributed by atoms with Gasteiger partial charge in [0.25, 0.3) is 0 Å². The second-order valence-corrected chi connectivity index (χ2v) is 2.82. The third-order valence-corrected chi connectivity index (χ3v) is 1.81. The largest absolute Gasteiger partial charge is 0.339 e. The Balaban J connectivity index is 2.80. The Morgan fingerprint density at radius 3 is 2.62 bits per heavy atom. The first kappa shape index (κ1) is 9.64. The van der Waals surface area contributed by atoms with Crippen LogP contribution in [0.4, 0.5) is 0 Å². The number of carbonyl (C=O) groups is 2. The molecule has 0 radical (unpaired) electrons. The Bertz CT molecular complexity index is 279. The van der Waals surface area contributed by atoms with Gasteiger partial charge in [-0.1, -0.05) is 13.3 Å². The zero-order chi connectivity index (χ0) is 9.68. The summed E-state index contributed by atoms with van der Waals surface area (Å²) in [6.07, 6.45) is 4.06. The first-order valence-corrected chi connectivity index (χ1v) is 4.31. The number of imidazole rings is 1. The van der Waals surface area contributed by atoms with Crippen molar-refractivity contribution in [2.75, 3.05) is 0 Å². The van der Waals surface area contributed by atoms with Gasteiger partial charge in [0.2, 0.25) is 0 Å². The minimum absolute atomic E-state index is 0.209. The van der Waals surface area contributed by atoms with E-state index in [0.29, 0.717) is 18.4 Å². The third-order valence-electron chi connectivity index (χ3n) is 1.81. The SMILES string of the molecule is CCCCc1nc(C=O)c(C=O)[nH]1. The smallest absolute Gasteiger partial charge is 0.170 e. The van der Waals surface area contributed by atoms with Gasteiger partial charge in [0, 0.05) is 6.42 Å². The highest BCUT2D eigenvalue weighted by molar-refractivity contribution is 5.86. The van der Waals surface area contributed by atoms with E-state index in [0.717, 1.165) is 19.3 Å². The van der Waals surface area contributed by atoms with Crippen LogP contribution in [0.2, 0.25) is 0 Å². The molecule has 0 bridgehead atoms. The Kier molecular flexibility index (Phi) is 3.37. The number of hydrogen-bond donors (Lipinski definition) is 1. The average Bonchev–Trinajstić information content (AvgIpc) is 2.57. The standard InChI is InChI=1S/C9H12N2O2/c1-2-3-4-9-10-7(5-12)8(6-13)11-9/h5-6H,2-4H2,1H3,(H,10,11). The van der Waals surface area contributed by atoms with E-state index in [9.17, 15) is 9.59 Å². The van der Waals surface area contributed by atoms with Gasteiger partial charge in [-0.2, -0.15) is 0 Å². The average molecular weight is 180 g/mol. The number of aromatic nitrogens is 2. The van der Waals surface area contributed by atoms with Crippen molar-refractivity contribution in [3.63, 3.8) is 0 Å². The molecule has 0 aliphatic rings. The van der Waals surface area contributed by atoms with Crippen molar-refractivity contribution in [2.45, 2.75) is 26.2 Å². The second-order valence-electron chi connectivity index (χ2n) is 2.82. The predicted octanol–water partition coefficient (Wildman–Crippen LogP) is 1.38. The molecule has 70 valence electrons. The lowest BCUT2D eigenvalue weighted by molar-refractivity contribution is 0.109. The molecule has 1 heterocycles. The molecule has 1 rings (SSSR count). The monoisotopic (exact) mass is 180 g/mol. The van der Waals surface area contributed by atoms with Gasteiger partial charge in [-0.3, -0.25) is 9.59 Å². The summed E-state index contributed by atoms with van der Waals surface area (Å²) in [7, 11) is 0. The van der Waals surface area contributed by atoms with E-state index in [1.807, 2.05) is 0 Å². The van der Waals surface area contributed by atoms with Crippen LogP contribution in [0.1, 0.15) is 46.6 Å². The Morgan fingerprint density at radius 1 is 1.38 bits per heavy atom. The molecule has 1 aromatic heterocycles. The van der Waals surface area contributed by atoms with Crippen molar-refractivity contribution < 1.29 is 9.59 Å². The van der Waals surface area contributed by atoms with Crippen molar-refractivity contribution in [1.29, 1.82) is 0 Å². The van der Waals surface area contributed by atoms with Crippen LogP contribution in [0.15, 0.2) is 0 Å². The highest BCUT2D eigenvalue weighted by Gasteiger charge is 2.07. The second kappa shape index (κ2) is 4.54. The molecule has 0 aliphatic carbocycles. The lowest BCUT2D eigenvalue weighted by Crippen LogP contribution is -1.87. The van der Waals surface area contributed by atoms with E-state index in [4.69, 9.17) is 0 Å². The number of aryl methyl sites for hydroxylation is 1. The van der Waals surface area contributed by atoms with Gasteiger partial charge in [0.15, 0.2) is 12.6 Å². The van der Waals surface area contributed by atoms with Gasteiger partial charge in [-0.15, -0.1) is 0 Å². The fourth-order valence-electron chi connectivity index (χ4n) is 1.10. The first-order chi connectivity index (χ1) is 6.31. The normalized spacial score (nSPS) is 9.92. The number of nitrogens with one attached hydrogen (secondary N) is 1. The molecule has 1 aromatic rings. The number of aromatic amines is 1. The summed E-state index contributed by atoms with van der Waals surface area (Å²) >= 11 is 0. The van der Waals surface area contributed by atoms with Crippen LogP contribution in [0, 0.1) is 0 Å². The Morgan fingerprint density at radius 2 is 2.15 bits per heavy atom. The fraction of sp³-hybridized carbons (Fsp3) is 0.444. The van der Waals surface area contributed by atoms with Crippen LogP contribution in [-0.4, -0.2) is 22.5 Å². The highest BCUT2D eigenvalue weighted by Crippen LogP contribution is 2.04. The number of aldehydes is 2. The molecule has 0 aromatic carbocycles. The molecular formula is C9H12N2O2. The van der Waals surface area contributed by atoms with E-state index in [-0.39, 0.29) is 11.4 Å². The summed E-state index contributed by atoms with van der Waals surface area (Å²) < 4.78 is 0. The molecule has 0 saturated heterocycles. The summed E-state index contributed by atoms with van der Waals surface area (Å²) in [6, 6.07) is 0. The van der Waals surface area contributed by atoms with E-state index in [2.05, 4.69) is 16.9 Å². The van der Waals surface area contributed by atoms with Crippen LogP contribution in [-0.2, 0) is 6.42 Å². The van der Waals surface area contributed by atoms with Crippen molar-refractivity contribution in [3.8, 4) is 0 Å². The van der Waals surface area contributed by atoms with E-state index in [1.165, 1.54) is 0 Å². The number of hydrogen-bond acceptors (Lipinski definition) is 3. The maximum atomic E-state index is 10.4. The maximum absolute atomic E-state index is 10.4. The molecule has 4 nitrogen and oxygen atoms in total. The van der Waals surface area contributed by atoms with Crippen molar-refractivity contribution in [2.24, 2.45) is 0 Å². The van der Waals surface area contributed by atoms with Crippen LogP contribution in [0.25, 0.3) is 0 Å². The van der Waals surface area contributed by atoms with Gasteiger partial charge in [0.1, 0.15) is 17.2 Å². The maximum Gasteiger partial charge on any atom is 0.170 e. The molecule has 13 heavy (non-hydrogen) atoms. The van der Waals surface area contributed by atoms with Gasteiger partial charge in [0.05, 0.1) is 0 Å². The third kappa shape index (κ3) is 2.24. The topological polar surface area (TPSA) is 62.8 Å². The van der Waals surface area contributed by atoms with Gasteiger partial charge >= 0.3 is 0 Å². The number of rotatable bonds is 5. The summed E-state index contributed by atoms with van der Waals surface area (Å²) in [6.45, 7) is 2.07. The minimum atomic E-state index is 0.209. The van der Waals surface area contributed by atoms with Gasteiger partial charge < -0.3 is 4.98 Å². The zero-order valence-electron chi connectivity index (χ0n) is 7.54. The quantitative estimate of drug-likeness (QED) is 0.696. The molecule has 0 saturated carbocycles. The lowest BCUT2D eigenvalue weighted by Gasteiger charge is -1.90. The summed E-state index contributed by atoms with van der Waals surface area (Å²) in [5, 5.41) is 0. The predicted molar refractivity (Wildman–Crippen MR) is 48.0 cm³/mol. The Hall–Kier alpha value is -1.45. The molecule has 0 fully saturated rings. The fourth-order valence-corrected chi connectivity index (χ4v) is 1.10. The molecule has 1 N–H and O–H groups in total. The van der Waals surface area contributed by atoms with Crippen molar-refractivity contribution >= 4 is 12.6 Å². The Labute approximate surface area is 76.4 Å². The number of nitrogens with zero attached hydrogens (tertiary/aromatic N) is 1. The van der Waals surface area contributed by atoms with E-state index < -0.39 is 0 Å². The molecule has 0 spiro atoms. The van der Waals surface area contributed by atoms with Crippen LogP contribution >= 0.6 is 0 Å². The molecule has 0 aliphatic heterocycles. The van der Waals surface area contributed by atoms with Crippen LogP contribution < -0.4 is 0 Å². The summed E-state index contributed by atoms with van der Waals surface area (Å²) in [5.41, 5.74) is 0.488. The first-order valence-electron chi connectivity index (χ1n) is 4.31. The lowest BCUT2D eigenvalue weighted by atomic mass is 10.2. The number of H-pyrrole nitrogens is 1. The minimum Gasteiger partial charge on any atom is -0.339 e. The molecule has 0 unspecified atom stereocenters. The van der Waals surface area contributed by atoms with Gasteiger partial charge in [-0.25, -0.2) is 4.98 Å². The summed E-state index contributed by atoms with van der Waals surface area (Å²) in [4.78, 5) is 27.7. The zero-order valence-corrected chi connectivity index (χ0v) is 7.54. The van der Waals surface area contributed by atoms with Crippen molar-refractivity contribution in [3.05, 3.63) is 17.2 Å². The van der Waals surface area contributed by atoms with Gasteiger partial charge in [-0.05, 0) is 6.42 Å². The molecular weight excluding hydrogens is 168 g/mol. The number of carbonyl (C=O) groups excluding carboxylic acids is 2. The molecule has 0 amide bonds.